The zero-order valence-corrected chi connectivity index (χ0v) is 9.69. The molecule has 0 aliphatic rings. The molecule has 2 aromatic heterocycles. The maximum Gasteiger partial charge on any atom is 0.0528 e. The van der Waals surface area contributed by atoms with E-state index in [2.05, 4.69) is 37.2 Å². The highest BCUT2D eigenvalue weighted by atomic mass is 32.1. The zero-order valence-electron chi connectivity index (χ0n) is 8.87. The van der Waals surface area contributed by atoms with Gasteiger partial charge in [0.2, 0.25) is 0 Å². The van der Waals surface area contributed by atoms with Gasteiger partial charge in [-0.25, -0.2) is 0 Å². The number of aromatic nitrogens is 1. The highest BCUT2D eigenvalue weighted by Crippen LogP contribution is 2.30. The van der Waals surface area contributed by atoms with Gasteiger partial charge in [-0.3, -0.25) is 4.98 Å². The van der Waals surface area contributed by atoms with Crippen LogP contribution < -0.4 is 0 Å². The molecule has 2 heteroatoms. The second kappa shape index (κ2) is 3.35. The summed E-state index contributed by atoms with van der Waals surface area (Å²) in [6, 6.07) is 2.12. The molecule has 0 fully saturated rings. The van der Waals surface area contributed by atoms with Gasteiger partial charge in [-0.15, -0.1) is 11.3 Å². The molecule has 2 heterocycles. The Morgan fingerprint density at radius 1 is 1.36 bits per heavy atom. The zero-order chi connectivity index (χ0) is 10.2. The van der Waals surface area contributed by atoms with Crippen molar-refractivity contribution < 1.29 is 0 Å². The van der Waals surface area contributed by atoms with Crippen LogP contribution in [0.3, 0.4) is 0 Å². The molecule has 0 saturated carbocycles. The van der Waals surface area contributed by atoms with Crippen LogP contribution in [0.25, 0.3) is 10.1 Å². The van der Waals surface area contributed by atoms with E-state index in [1.807, 2.05) is 12.4 Å². The number of hydrogen-bond donors (Lipinski definition) is 0. The van der Waals surface area contributed by atoms with Gasteiger partial charge < -0.3 is 0 Å². The fourth-order valence-corrected chi connectivity index (χ4v) is 2.57. The van der Waals surface area contributed by atoms with E-state index in [1.54, 1.807) is 11.3 Å². The van der Waals surface area contributed by atoms with E-state index in [0.29, 0.717) is 5.41 Å². The van der Waals surface area contributed by atoms with Crippen molar-refractivity contribution in [1.82, 2.24) is 4.98 Å². The predicted molar refractivity (Wildman–Crippen MR) is 62.8 cm³/mol. The minimum Gasteiger partial charge on any atom is -0.263 e. The van der Waals surface area contributed by atoms with Crippen LogP contribution in [0.5, 0.6) is 0 Å². The minimum atomic E-state index is 0.358. The normalized spacial score (nSPS) is 12.2. The number of rotatable bonds is 1. The molecule has 0 saturated heterocycles. The van der Waals surface area contributed by atoms with E-state index in [9.17, 15) is 0 Å². The maximum absolute atomic E-state index is 4.13. The molecule has 2 aromatic rings. The van der Waals surface area contributed by atoms with Gasteiger partial charge in [0.25, 0.3) is 0 Å². The highest BCUT2D eigenvalue weighted by molar-refractivity contribution is 7.17. The van der Waals surface area contributed by atoms with Crippen LogP contribution in [0.15, 0.2) is 23.8 Å². The molecule has 0 spiro atoms. The average molecular weight is 205 g/mol. The van der Waals surface area contributed by atoms with Gasteiger partial charge in [0, 0.05) is 12.4 Å². The first kappa shape index (κ1) is 9.66. The van der Waals surface area contributed by atoms with Gasteiger partial charge in [0.15, 0.2) is 0 Å². The summed E-state index contributed by atoms with van der Waals surface area (Å²) in [5.74, 6) is 0. The Labute approximate surface area is 88.8 Å². The van der Waals surface area contributed by atoms with Crippen LogP contribution in [-0.2, 0) is 6.42 Å². The second-order valence-electron chi connectivity index (χ2n) is 4.87. The molecule has 1 nitrogen and oxygen atoms in total. The van der Waals surface area contributed by atoms with Crippen LogP contribution in [0.2, 0.25) is 0 Å². The van der Waals surface area contributed by atoms with Crippen LogP contribution in [0.4, 0.5) is 0 Å². The van der Waals surface area contributed by atoms with Crippen molar-refractivity contribution in [2.45, 2.75) is 27.2 Å². The number of nitrogens with zero attached hydrogens (tertiary/aromatic N) is 1. The van der Waals surface area contributed by atoms with Crippen LogP contribution in [0, 0.1) is 5.41 Å². The van der Waals surface area contributed by atoms with Gasteiger partial charge in [0.1, 0.15) is 0 Å². The molecule has 74 valence electrons. The third-order valence-corrected chi connectivity index (χ3v) is 3.16. The van der Waals surface area contributed by atoms with Crippen molar-refractivity contribution in [2.75, 3.05) is 0 Å². The van der Waals surface area contributed by atoms with E-state index < -0.39 is 0 Å². The van der Waals surface area contributed by atoms with Gasteiger partial charge in [-0.05, 0) is 34.2 Å². The molecule has 0 bridgehead atoms. The molecule has 2 rings (SSSR count). The third kappa shape index (κ3) is 1.95. The summed E-state index contributed by atoms with van der Waals surface area (Å²) < 4.78 is 1.30. The van der Waals surface area contributed by atoms with E-state index in [-0.39, 0.29) is 0 Å². The number of pyridine rings is 1. The van der Waals surface area contributed by atoms with Crippen molar-refractivity contribution >= 4 is 21.4 Å². The van der Waals surface area contributed by atoms with E-state index in [1.165, 1.54) is 15.6 Å². The van der Waals surface area contributed by atoms with Crippen LogP contribution in [-0.4, -0.2) is 4.98 Å². The fraction of sp³-hybridized carbons (Fsp3) is 0.417. The Kier molecular flexibility index (Phi) is 2.31. The predicted octanol–water partition coefficient (Wildman–Crippen LogP) is 3.88. The second-order valence-corrected chi connectivity index (χ2v) is 5.78. The highest BCUT2D eigenvalue weighted by Gasteiger charge is 2.14. The molecule has 0 atom stereocenters. The summed E-state index contributed by atoms with van der Waals surface area (Å²) >= 11 is 1.79. The first-order chi connectivity index (χ1) is 6.56. The molecule has 0 radical (unpaired) electrons. The molecule has 14 heavy (non-hydrogen) atoms. The molecular weight excluding hydrogens is 190 g/mol. The van der Waals surface area contributed by atoms with Crippen LogP contribution >= 0.6 is 11.3 Å². The van der Waals surface area contributed by atoms with Crippen molar-refractivity contribution in [1.29, 1.82) is 0 Å². The Hall–Kier alpha value is -0.890. The molecular formula is C12H15NS. The lowest BCUT2D eigenvalue weighted by Gasteiger charge is -2.17. The number of fused-ring (bicyclic) bond motifs is 1. The maximum atomic E-state index is 4.13. The van der Waals surface area contributed by atoms with Crippen molar-refractivity contribution in [3.8, 4) is 0 Å². The summed E-state index contributed by atoms with van der Waals surface area (Å²) in [6.45, 7) is 6.83. The molecule has 0 aliphatic carbocycles. The lowest BCUT2D eigenvalue weighted by atomic mass is 9.88. The molecule has 0 unspecified atom stereocenters. The number of hydrogen-bond acceptors (Lipinski definition) is 2. The SMILES string of the molecule is CC(C)(C)Cc1csc2cnccc12. The Bertz CT molecular complexity index is 437. The van der Waals surface area contributed by atoms with E-state index >= 15 is 0 Å². The van der Waals surface area contributed by atoms with Crippen molar-refractivity contribution in [3.05, 3.63) is 29.4 Å². The Balaban J connectivity index is 2.44. The summed E-state index contributed by atoms with van der Waals surface area (Å²) in [6.07, 6.45) is 4.96. The monoisotopic (exact) mass is 205 g/mol. The van der Waals surface area contributed by atoms with Crippen molar-refractivity contribution in [2.24, 2.45) is 5.41 Å². The lowest BCUT2D eigenvalue weighted by molar-refractivity contribution is 0.413. The minimum absolute atomic E-state index is 0.358. The first-order valence-electron chi connectivity index (χ1n) is 4.86. The van der Waals surface area contributed by atoms with E-state index in [4.69, 9.17) is 0 Å². The smallest absolute Gasteiger partial charge is 0.0528 e. The summed E-state index contributed by atoms with van der Waals surface area (Å²) in [5, 5.41) is 3.64. The van der Waals surface area contributed by atoms with Crippen LogP contribution in [0.1, 0.15) is 26.3 Å². The first-order valence-corrected chi connectivity index (χ1v) is 5.74. The summed E-state index contributed by atoms with van der Waals surface area (Å²) in [7, 11) is 0. The standard InChI is InChI=1S/C12H15NS/c1-12(2,3)6-9-8-14-11-7-13-5-4-10(9)11/h4-5,7-8H,6H2,1-3H3. The van der Waals surface area contributed by atoms with E-state index in [0.717, 1.165) is 6.42 Å². The third-order valence-electron chi connectivity index (χ3n) is 2.18. The topological polar surface area (TPSA) is 12.9 Å². The summed E-state index contributed by atoms with van der Waals surface area (Å²) in [5.41, 5.74) is 1.82. The largest absolute Gasteiger partial charge is 0.263 e. The quantitative estimate of drug-likeness (QED) is 0.688. The molecule has 0 amide bonds. The van der Waals surface area contributed by atoms with Gasteiger partial charge >= 0.3 is 0 Å². The fourth-order valence-electron chi connectivity index (χ4n) is 1.65. The van der Waals surface area contributed by atoms with Crippen molar-refractivity contribution in [3.63, 3.8) is 0 Å². The van der Waals surface area contributed by atoms with Gasteiger partial charge in [-0.1, -0.05) is 20.8 Å². The van der Waals surface area contributed by atoms with Gasteiger partial charge in [0.05, 0.1) is 4.70 Å². The molecule has 0 aromatic carbocycles. The molecule has 0 N–H and O–H groups in total. The summed E-state index contributed by atoms with van der Waals surface area (Å²) in [4.78, 5) is 4.13. The van der Waals surface area contributed by atoms with Gasteiger partial charge in [-0.2, -0.15) is 0 Å². The Morgan fingerprint density at radius 3 is 2.86 bits per heavy atom. The lowest BCUT2D eigenvalue weighted by Crippen LogP contribution is -2.08. The number of thiophene rings is 1. The molecule has 0 aliphatic heterocycles. The average Bonchev–Trinajstić information content (AvgIpc) is 2.47. The Morgan fingerprint density at radius 2 is 2.14 bits per heavy atom.